The van der Waals surface area contributed by atoms with Gasteiger partial charge in [0.05, 0.1) is 7.11 Å². The van der Waals surface area contributed by atoms with Crippen molar-refractivity contribution < 1.29 is 19.1 Å². The van der Waals surface area contributed by atoms with Crippen molar-refractivity contribution >= 4 is 12.1 Å². The van der Waals surface area contributed by atoms with E-state index in [0.717, 1.165) is 12.0 Å². The van der Waals surface area contributed by atoms with Crippen LogP contribution in [0.4, 0.5) is 4.79 Å². The molecule has 0 radical (unpaired) electrons. The molecule has 0 aliphatic rings. The Morgan fingerprint density at radius 1 is 0.962 bits per heavy atom. The average molecular weight is 353 g/mol. The van der Waals surface area contributed by atoms with Crippen molar-refractivity contribution in [2.75, 3.05) is 7.11 Å². The van der Waals surface area contributed by atoms with Crippen LogP contribution in [-0.2, 0) is 27.3 Å². The maximum atomic E-state index is 11.9. The molecule has 0 aliphatic carbocycles. The highest BCUT2D eigenvalue weighted by Crippen LogP contribution is 2.04. The summed E-state index contributed by atoms with van der Waals surface area (Å²) in [6.45, 7) is 0.143. The number of allylic oxidation sites excluding steroid dienone is 1. The van der Waals surface area contributed by atoms with Gasteiger partial charge in [-0.25, -0.2) is 9.59 Å². The molecule has 0 fully saturated rings. The third-order valence-corrected chi connectivity index (χ3v) is 3.73. The summed E-state index contributed by atoms with van der Waals surface area (Å²) in [6.07, 6.45) is 4.25. The highest BCUT2D eigenvalue weighted by molar-refractivity contribution is 5.81. The first-order valence-electron chi connectivity index (χ1n) is 8.43. The second-order valence-corrected chi connectivity index (χ2v) is 5.68. The van der Waals surface area contributed by atoms with E-state index in [-0.39, 0.29) is 6.61 Å². The predicted octanol–water partition coefficient (Wildman–Crippen LogP) is 3.64. The molecular weight excluding hydrogens is 330 g/mol. The number of carbonyl (C=O) groups is 2. The highest BCUT2D eigenvalue weighted by Gasteiger charge is 2.20. The molecule has 0 spiro atoms. The summed E-state index contributed by atoms with van der Waals surface area (Å²) >= 11 is 0. The smallest absolute Gasteiger partial charge is 0.408 e. The second-order valence-electron chi connectivity index (χ2n) is 5.68. The Kier molecular flexibility index (Phi) is 7.93. The summed E-state index contributed by atoms with van der Waals surface area (Å²) in [5, 5.41) is 2.55. The van der Waals surface area contributed by atoms with Gasteiger partial charge in [-0.2, -0.15) is 0 Å². The highest BCUT2D eigenvalue weighted by atomic mass is 16.6. The van der Waals surface area contributed by atoms with Crippen molar-refractivity contribution in [2.24, 2.45) is 0 Å². The number of ether oxygens (including phenoxy) is 2. The van der Waals surface area contributed by atoms with Crippen LogP contribution in [0.5, 0.6) is 0 Å². The van der Waals surface area contributed by atoms with Crippen molar-refractivity contribution in [1.29, 1.82) is 0 Å². The summed E-state index contributed by atoms with van der Waals surface area (Å²) in [4.78, 5) is 23.8. The van der Waals surface area contributed by atoms with Crippen LogP contribution in [0.25, 0.3) is 0 Å². The van der Waals surface area contributed by atoms with Gasteiger partial charge in [-0.3, -0.25) is 0 Å². The van der Waals surface area contributed by atoms with Crippen LogP contribution in [-0.4, -0.2) is 25.2 Å². The molecule has 2 aromatic rings. The molecule has 1 atom stereocenters. The van der Waals surface area contributed by atoms with Crippen LogP contribution in [0.3, 0.4) is 0 Å². The molecule has 0 bridgehead atoms. The Labute approximate surface area is 153 Å². The Morgan fingerprint density at radius 2 is 1.58 bits per heavy atom. The normalized spacial score (nSPS) is 11.7. The summed E-state index contributed by atoms with van der Waals surface area (Å²) in [5.74, 6) is -0.508. The average Bonchev–Trinajstić information content (AvgIpc) is 2.69. The third-order valence-electron chi connectivity index (χ3n) is 3.73. The Morgan fingerprint density at radius 3 is 2.19 bits per heavy atom. The minimum absolute atomic E-state index is 0.143. The zero-order chi connectivity index (χ0) is 18.6. The number of methoxy groups -OCH3 is 1. The molecule has 1 N–H and O–H groups in total. The van der Waals surface area contributed by atoms with Gasteiger partial charge in [0.15, 0.2) is 0 Å². The van der Waals surface area contributed by atoms with E-state index < -0.39 is 18.1 Å². The number of hydrogen-bond donors (Lipinski definition) is 1. The fraction of sp³-hybridized carbons (Fsp3) is 0.238. The first kappa shape index (κ1) is 19.2. The molecule has 0 aromatic heterocycles. The van der Waals surface area contributed by atoms with E-state index in [4.69, 9.17) is 9.47 Å². The van der Waals surface area contributed by atoms with Gasteiger partial charge in [-0.1, -0.05) is 72.8 Å². The van der Waals surface area contributed by atoms with Gasteiger partial charge in [0.25, 0.3) is 0 Å². The van der Waals surface area contributed by atoms with E-state index in [9.17, 15) is 9.59 Å². The number of rotatable bonds is 8. The van der Waals surface area contributed by atoms with Gasteiger partial charge in [0.1, 0.15) is 12.6 Å². The lowest BCUT2D eigenvalue weighted by atomic mass is 10.1. The third kappa shape index (κ3) is 6.81. The minimum Gasteiger partial charge on any atom is -0.467 e. The molecule has 5 heteroatoms. The summed E-state index contributed by atoms with van der Waals surface area (Å²) < 4.78 is 9.90. The fourth-order valence-electron chi connectivity index (χ4n) is 2.33. The van der Waals surface area contributed by atoms with Crippen molar-refractivity contribution in [3.8, 4) is 0 Å². The molecule has 26 heavy (non-hydrogen) atoms. The zero-order valence-electron chi connectivity index (χ0n) is 14.8. The van der Waals surface area contributed by atoms with Gasteiger partial charge in [-0.15, -0.1) is 0 Å². The fourth-order valence-corrected chi connectivity index (χ4v) is 2.33. The first-order valence-corrected chi connectivity index (χ1v) is 8.43. The lowest BCUT2D eigenvalue weighted by molar-refractivity contribution is -0.142. The number of hydrogen-bond acceptors (Lipinski definition) is 4. The molecular formula is C21H23NO4. The van der Waals surface area contributed by atoms with Crippen LogP contribution < -0.4 is 5.32 Å². The molecule has 0 heterocycles. The molecule has 0 saturated carbocycles. The zero-order valence-corrected chi connectivity index (χ0v) is 14.8. The van der Waals surface area contributed by atoms with E-state index in [1.54, 1.807) is 0 Å². The van der Waals surface area contributed by atoms with Gasteiger partial charge in [0.2, 0.25) is 0 Å². The van der Waals surface area contributed by atoms with E-state index in [0.29, 0.717) is 6.42 Å². The van der Waals surface area contributed by atoms with Crippen LogP contribution in [0.1, 0.15) is 17.5 Å². The molecule has 5 nitrogen and oxygen atoms in total. The van der Waals surface area contributed by atoms with Gasteiger partial charge >= 0.3 is 12.1 Å². The first-order chi connectivity index (χ1) is 12.7. The molecule has 0 saturated heterocycles. The Hall–Kier alpha value is -3.08. The molecule has 136 valence electrons. The Bertz CT molecular complexity index is 713. The number of amides is 1. The molecule has 1 amide bonds. The maximum Gasteiger partial charge on any atom is 0.408 e. The Balaban J connectivity index is 1.82. The number of nitrogens with one attached hydrogen (secondary N) is 1. The minimum atomic E-state index is -0.782. The SMILES string of the molecule is COC(=O)[C@H](CC=CCc1ccccc1)NC(=O)OCc1ccccc1. The van der Waals surface area contributed by atoms with Crippen LogP contribution >= 0.6 is 0 Å². The van der Waals surface area contributed by atoms with Crippen molar-refractivity contribution in [1.82, 2.24) is 5.32 Å². The van der Waals surface area contributed by atoms with Crippen molar-refractivity contribution in [2.45, 2.75) is 25.5 Å². The second kappa shape index (κ2) is 10.7. The van der Waals surface area contributed by atoms with Crippen molar-refractivity contribution in [3.05, 3.63) is 83.9 Å². The lowest BCUT2D eigenvalue weighted by Gasteiger charge is -2.15. The van der Waals surface area contributed by atoms with Gasteiger partial charge in [-0.05, 0) is 24.0 Å². The van der Waals surface area contributed by atoms with Crippen LogP contribution in [0.15, 0.2) is 72.8 Å². The number of carbonyl (C=O) groups excluding carboxylic acids is 2. The van der Waals surface area contributed by atoms with Crippen LogP contribution in [0.2, 0.25) is 0 Å². The standard InChI is InChI=1S/C21H23NO4/c1-25-20(23)19(15-9-8-12-17-10-4-2-5-11-17)22-21(24)26-16-18-13-6-3-7-14-18/h2-11,13-14,19H,12,15-16H2,1H3,(H,22,24)/t19-/m0/s1. The topological polar surface area (TPSA) is 64.6 Å². The summed E-state index contributed by atoms with van der Waals surface area (Å²) in [6, 6.07) is 18.5. The van der Waals surface area contributed by atoms with Gasteiger partial charge < -0.3 is 14.8 Å². The number of benzene rings is 2. The summed E-state index contributed by atoms with van der Waals surface area (Å²) in [5.41, 5.74) is 2.05. The predicted molar refractivity (Wildman–Crippen MR) is 99.5 cm³/mol. The maximum absolute atomic E-state index is 11.9. The van der Waals surface area contributed by atoms with Crippen molar-refractivity contribution in [3.63, 3.8) is 0 Å². The van der Waals surface area contributed by atoms with E-state index in [2.05, 4.69) is 5.32 Å². The lowest BCUT2D eigenvalue weighted by Crippen LogP contribution is -2.41. The van der Waals surface area contributed by atoms with E-state index in [1.807, 2.05) is 72.8 Å². The van der Waals surface area contributed by atoms with E-state index >= 15 is 0 Å². The van der Waals surface area contributed by atoms with Gasteiger partial charge in [0, 0.05) is 0 Å². The molecule has 0 unspecified atom stereocenters. The quantitative estimate of drug-likeness (QED) is 0.581. The molecule has 0 aliphatic heterocycles. The molecule has 2 rings (SSSR count). The number of alkyl carbamates (subject to hydrolysis) is 1. The van der Waals surface area contributed by atoms with Crippen LogP contribution in [0, 0.1) is 0 Å². The van der Waals surface area contributed by atoms with E-state index in [1.165, 1.54) is 12.7 Å². The largest absolute Gasteiger partial charge is 0.467 e. The molecule has 2 aromatic carbocycles. The summed E-state index contributed by atoms with van der Waals surface area (Å²) in [7, 11) is 1.29. The monoisotopic (exact) mass is 353 g/mol. The number of esters is 1.